The van der Waals surface area contributed by atoms with E-state index in [1.54, 1.807) is 6.08 Å². The number of nitrogens with one attached hydrogen (secondary N) is 1. The highest BCUT2D eigenvalue weighted by atomic mass is 79.9. The Morgan fingerprint density at radius 2 is 2.09 bits per heavy atom. The number of halogens is 1. The van der Waals surface area contributed by atoms with Gasteiger partial charge >= 0.3 is 0 Å². The summed E-state index contributed by atoms with van der Waals surface area (Å²) < 4.78 is 6.46. The van der Waals surface area contributed by atoms with Gasteiger partial charge in [-0.25, -0.2) is 0 Å². The van der Waals surface area contributed by atoms with Crippen LogP contribution in [0.15, 0.2) is 59.6 Å². The minimum Gasteiger partial charge on any atom is -0.490 e. The number of fused-ring (bicyclic) bond motifs is 1. The lowest BCUT2D eigenvalue weighted by Gasteiger charge is -2.04. The predicted molar refractivity (Wildman–Crippen MR) is 92.8 cm³/mol. The summed E-state index contributed by atoms with van der Waals surface area (Å²) in [7, 11) is 0. The molecule has 1 N–H and O–H groups in total. The third-order valence-corrected chi connectivity index (χ3v) is 3.79. The van der Waals surface area contributed by atoms with Crippen molar-refractivity contribution in [3.63, 3.8) is 0 Å². The molecule has 0 atom stereocenters. The zero-order chi connectivity index (χ0) is 15.5. The van der Waals surface area contributed by atoms with Gasteiger partial charge in [-0.15, -0.1) is 0 Å². The minimum atomic E-state index is -0.0921. The molecule has 0 bridgehead atoms. The summed E-state index contributed by atoms with van der Waals surface area (Å²) in [5.74, 6) is 0.660. The van der Waals surface area contributed by atoms with Crippen LogP contribution in [0.25, 0.3) is 11.6 Å². The summed E-state index contributed by atoms with van der Waals surface area (Å²) >= 11 is 3.44. The molecule has 0 radical (unpaired) electrons. The van der Waals surface area contributed by atoms with Gasteiger partial charge in [0.2, 0.25) is 0 Å². The first-order valence-corrected chi connectivity index (χ1v) is 7.63. The number of rotatable bonds is 4. The first kappa shape index (κ1) is 14.6. The normalized spacial score (nSPS) is 14.6. The molecule has 0 saturated carbocycles. The van der Waals surface area contributed by atoms with Gasteiger partial charge in [-0.2, -0.15) is 0 Å². The van der Waals surface area contributed by atoms with Gasteiger partial charge in [0.25, 0.3) is 5.91 Å². The second-order valence-electron chi connectivity index (χ2n) is 4.87. The molecule has 1 amide bonds. The van der Waals surface area contributed by atoms with Crippen LogP contribution < -0.4 is 10.1 Å². The maximum atomic E-state index is 12.2. The van der Waals surface area contributed by atoms with Crippen LogP contribution in [0.5, 0.6) is 5.75 Å². The van der Waals surface area contributed by atoms with E-state index in [0.29, 0.717) is 12.2 Å². The Hall–Kier alpha value is -2.33. The molecule has 1 aliphatic rings. The third-order valence-electron chi connectivity index (χ3n) is 3.30. The van der Waals surface area contributed by atoms with Gasteiger partial charge < -0.3 is 10.1 Å². The van der Waals surface area contributed by atoms with Crippen molar-refractivity contribution in [1.82, 2.24) is 0 Å². The van der Waals surface area contributed by atoms with E-state index in [2.05, 4.69) is 27.8 Å². The highest BCUT2D eigenvalue weighted by Gasteiger charge is 2.24. The molecule has 3 nitrogen and oxygen atoms in total. The lowest BCUT2D eigenvalue weighted by atomic mass is 10.0. The van der Waals surface area contributed by atoms with Gasteiger partial charge in [0.1, 0.15) is 12.4 Å². The summed E-state index contributed by atoms with van der Waals surface area (Å²) in [6, 6.07) is 13.4. The van der Waals surface area contributed by atoms with Crippen LogP contribution in [-0.2, 0) is 4.79 Å². The Balaban J connectivity index is 1.97. The van der Waals surface area contributed by atoms with Crippen molar-refractivity contribution in [2.45, 2.75) is 0 Å². The van der Waals surface area contributed by atoms with Crippen LogP contribution in [0, 0.1) is 0 Å². The second-order valence-corrected chi connectivity index (χ2v) is 5.79. The average Bonchev–Trinajstić information content (AvgIpc) is 2.81. The molecule has 2 aromatic rings. The number of benzene rings is 2. The van der Waals surface area contributed by atoms with E-state index in [-0.39, 0.29) is 5.91 Å². The van der Waals surface area contributed by atoms with Gasteiger partial charge in [-0.1, -0.05) is 40.7 Å². The third kappa shape index (κ3) is 2.97. The predicted octanol–water partition coefficient (Wildman–Crippen LogP) is 4.51. The van der Waals surface area contributed by atoms with Gasteiger partial charge in [-0.3, -0.25) is 4.79 Å². The maximum absolute atomic E-state index is 12.2. The highest BCUT2D eigenvalue weighted by molar-refractivity contribution is 9.10. The summed E-state index contributed by atoms with van der Waals surface area (Å²) in [4.78, 5) is 12.2. The standard InChI is InChI=1S/C18H14BrNO2/c1-2-8-22-14-5-3-4-12(9-14)10-16-15-11-13(19)6-7-17(15)20-18(16)21/h2-7,9-11H,1,8H2,(H,20,21)/b16-10-. The van der Waals surface area contributed by atoms with E-state index in [1.165, 1.54) is 0 Å². The van der Waals surface area contributed by atoms with E-state index >= 15 is 0 Å². The molecule has 1 heterocycles. The Bertz CT molecular complexity index is 780. The van der Waals surface area contributed by atoms with Crippen molar-refractivity contribution in [3.8, 4) is 5.75 Å². The molecule has 4 heteroatoms. The van der Waals surface area contributed by atoms with Crippen LogP contribution in [0.3, 0.4) is 0 Å². The molecule has 2 aromatic carbocycles. The van der Waals surface area contributed by atoms with Crippen molar-refractivity contribution < 1.29 is 9.53 Å². The Kier molecular flexibility index (Phi) is 4.11. The van der Waals surface area contributed by atoms with E-state index < -0.39 is 0 Å². The van der Waals surface area contributed by atoms with E-state index in [0.717, 1.165) is 27.0 Å². The topological polar surface area (TPSA) is 38.3 Å². The van der Waals surface area contributed by atoms with Crippen LogP contribution in [-0.4, -0.2) is 12.5 Å². The molecular weight excluding hydrogens is 342 g/mol. The van der Waals surface area contributed by atoms with Crippen molar-refractivity contribution >= 4 is 39.2 Å². The molecule has 0 aliphatic carbocycles. The van der Waals surface area contributed by atoms with Crippen molar-refractivity contribution in [1.29, 1.82) is 0 Å². The van der Waals surface area contributed by atoms with Gasteiger partial charge in [0, 0.05) is 21.3 Å². The van der Waals surface area contributed by atoms with Crippen molar-refractivity contribution in [2.24, 2.45) is 0 Å². The Morgan fingerprint density at radius 1 is 1.23 bits per heavy atom. The smallest absolute Gasteiger partial charge is 0.256 e. The van der Waals surface area contributed by atoms with Gasteiger partial charge in [0.15, 0.2) is 0 Å². The number of carbonyl (C=O) groups is 1. The fourth-order valence-corrected chi connectivity index (χ4v) is 2.68. The molecule has 0 fully saturated rings. The monoisotopic (exact) mass is 355 g/mol. The van der Waals surface area contributed by atoms with Gasteiger partial charge in [0.05, 0.1) is 0 Å². The van der Waals surface area contributed by atoms with E-state index in [1.807, 2.05) is 48.5 Å². The molecular formula is C18H14BrNO2. The first-order chi connectivity index (χ1) is 10.7. The summed E-state index contributed by atoms with van der Waals surface area (Å²) in [6.45, 7) is 4.08. The summed E-state index contributed by atoms with van der Waals surface area (Å²) in [6.07, 6.45) is 3.57. The Morgan fingerprint density at radius 3 is 2.91 bits per heavy atom. The summed E-state index contributed by atoms with van der Waals surface area (Å²) in [5.41, 5.74) is 3.30. The zero-order valence-corrected chi connectivity index (χ0v) is 13.4. The molecule has 3 rings (SSSR count). The fourth-order valence-electron chi connectivity index (χ4n) is 2.32. The van der Waals surface area contributed by atoms with Crippen LogP contribution >= 0.6 is 15.9 Å². The van der Waals surface area contributed by atoms with Crippen molar-refractivity contribution in [3.05, 3.63) is 70.7 Å². The molecule has 1 aliphatic heterocycles. The SMILES string of the molecule is C=CCOc1cccc(/C=C2\C(=O)Nc3ccc(Br)cc32)c1. The quantitative estimate of drug-likeness (QED) is 0.647. The average molecular weight is 356 g/mol. The van der Waals surface area contributed by atoms with Crippen LogP contribution in [0.4, 0.5) is 5.69 Å². The minimum absolute atomic E-state index is 0.0921. The second kappa shape index (κ2) is 6.20. The number of ether oxygens (including phenoxy) is 1. The van der Waals surface area contributed by atoms with Crippen molar-refractivity contribution in [2.75, 3.05) is 11.9 Å². The molecule has 22 heavy (non-hydrogen) atoms. The first-order valence-electron chi connectivity index (χ1n) is 6.84. The van der Waals surface area contributed by atoms with Crippen LogP contribution in [0.2, 0.25) is 0 Å². The maximum Gasteiger partial charge on any atom is 0.256 e. The van der Waals surface area contributed by atoms with E-state index in [9.17, 15) is 4.79 Å². The number of hydrogen-bond acceptors (Lipinski definition) is 2. The number of carbonyl (C=O) groups excluding carboxylic acids is 1. The lowest BCUT2D eigenvalue weighted by Crippen LogP contribution is -2.03. The van der Waals surface area contributed by atoms with Crippen LogP contribution in [0.1, 0.15) is 11.1 Å². The van der Waals surface area contributed by atoms with Gasteiger partial charge in [-0.05, 0) is 42.0 Å². The molecule has 110 valence electrons. The molecule has 0 saturated heterocycles. The Labute approximate surface area is 137 Å². The lowest BCUT2D eigenvalue weighted by molar-refractivity contribution is -0.110. The number of anilines is 1. The highest BCUT2D eigenvalue weighted by Crippen LogP contribution is 2.35. The molecule has 0 aromatic heterocycles. The van der Waals surface area contributed by atoms with E-state index in [4.69, 9.17) is 4.74 Å². The number of hydrogen-bond donors (Lipinski definition) is 1. The summed E-state index contributed by atoms with van der Waals surface area (Å²) in [5, 5.41) is 2.87. The number of amides is 1. The zero-order valence-electron chi connectivity index (χ0n) is 11.8. The molecule has 0 unspecified atom stereocenters. The fraction of sp³-hybridized carbons (Fsp3) is 0.0556. The largest absolute Gasteiger partial charge is 0.490 e. The molecule has 0 spiro atoms.